The lowest BCUT2D eigenvalue weighted by molar-refractivity contribution is -0.137. The summed E-state index contributed by atoms with van der Waals surface area (Å²) in [5, 5.41) is 1.80. The van der Waals surface area contributed by atoms with Crippen molar-refractivity contribution in [1.82, 2.24) is 4.72 Å². The Balaban J connectivity index is 1.60. The van der Waals surface area contributed by atoms with E-state index >= 15 is 0 Å². The van der Waals surface area contributed by atoms with Crippen molar-refractivity contribution in [3.8, 4) is 0 Å². The van der Waals surface area contributed by atoms with E-state index in [4.69, 9.17) is 0 Å². The summed E-state index contributed by atoms with van der Waals surface area (Å²) in [6, 6.07) is 10.8. The van der Waals surface area contributed by atoms with Gasteiger partial charge in [-0.2, -0.15) is 13.2 Å². The molecule has 3 rings (SSSR count). The molecule has 0 aliphatic carbocycles. The van der Waals surface area contributed by atoms with E-state index in [1.807, 2.05) is 0 Å². The van der Waals surface area contributed by atoms with Gasteiger partial charge in [-0.3, -0.25) is 4.79 Å². The van der Waals surface area contributed by atoms with Crippen molar-refractivity contribution >= 4 is 38.5 Å². The highest BCUT2D eigenvalue weighted by atomic mass is 32.2. The zero-order valence-corrected chi connectivity index (χ0v) is 16.6. The van der Waals surface area contributed by atoms with Crippen LogP contribution in [0.3, 0.4) is 0 Å². The highest BCUT2D eigenvalue weighted by Gasteiger charge is 2.30. The first-order valence-electron chi connectivity index (χ1n) is 7.94. The Hall–Kier alpha value is -2.01. The van der Waals surface area contributed by atoms with Crippen LogP contribution in [0.1, 0.15) is 30.6 Å². The molecule has 0 radical (unpaired) electrons. The van der Waals surface area contributed by atoms with E-state index in [0.717, 1.165) is 24.3 Å². The van der Waals surface area contributed by atoms with Crippen LogP contribution in [0.5, 0.6) is 0 Å². The Bertz CT molecular complexity index is 1050. The summed E-state index contributed by atoms with van der Waals surface area (Å²) >= 11 is 2.53. The van der Waals surface area contributed by atoms with Crippen LogP contribution in [-0.2, 0) is 28.5 Å². The molecule has 0 saturated heterocycles. The van der Waals surface area contributed by atoms with E-state index in [1.54, 1.807) is 29.6 Å². The molecule has 1 N–H and O–H groups in total. The van der Waals surface area contributed by atoms with Crippen LogP contribution in [-0.4, -0.2) is 14.2 Å². The molecule has 1 aromatic carbocycles. The fraction of sp³-hybridized carbons (Fsp3) is 0.167. The van der Waals surface area contributed by atoms with Crippen LogP contribution < -0.4 is 4.72 Å². The number of benzene rings is 1. The molecule has 0 aliphatic heterocycles. The Labute approximate surface area is 167 Å². The molecule has 0 unspecified atom stereocenters. The Morgan fingerprint density at radius 3 is 2.32 bits per heavy atom. The number of carbonyl (C=O) groups is 1. The van der Waals surface area contributed by atoms with E-state index < -0.39 is 27.5 Å². The van der Waals surface area contributed by atoms with Crippen molar-refractivity contribution in [2.24, 2.45) is 0 Å². The second-order valence-corrected chi connectivity index (χ2v) is 9.77. The van der Waals surface area contributed by atoms with E-state index in [2.05, 4.69) is 4.72 Å². The lowest BCUT2D eigenvalue weighted by Gasteiger charge is -2.08. The van der Waals surface area contributed by atoms with Gasteiger partial charge >= 0.3 is 6.18 Å². The molecule has 0 saturated carbocycles. The van der Waals surface area contributed by atoms with Crippen molar-refractivity contribution in [3.63, 3.8) is 0 Å². The molecule has 2 aromatic heterocycles. The van der Waals surface area contributed by atoms with Gasteiger partial charge in [-0.15, -0.1) is 22.7 Å². The third-order valence-corrected chi connectivity index (χ3v) is 6.98. The summed E-state index contributed by atoms with van der Waals surface area (Å²) in [5.41, 5.74) is -0.580. The molecule has 0 spiro atoms. The van der Waals surface area contributed by atoms with Gasteiger partial charge in [-0.1, -0.05) is 18.2 Å². The van der Waals surface area contributed by atoms with Crippen molar-refractivity contribution in [2.45, 2.75) is 18.5 Å². The highest BCUT2D eigenvalue weighted by molar-refractivity contribution is 7.88. The Morgan fingerprint density at radius 2 is 1.71 bits per heavy atom. The van der Waals surface area contributed by atoms with E-state index in [1.165, 1.54) is 22.7 Å². The molecule has 3 aromatic rings. The van der Waals surface area contributed by atoms with Gasteiger partial charge in [0.25, 0.3) is 0 Å². The third kappa shape index (κ3) is 5.28. The number of sulfonamides is 1. The average molecular weight is 446 g/mol. The quantitative estimate of drug-likeness (QED) is 0.537. The van der Waals surface area contributed by atoms with E-state index in [0.29, 0.717) is 14.6 Å². The number of hydrogen-bond donors (Lipinski definition) is 1. The van der Waals surface area contributed by atoms with Gasteiger partial charge in [0.05, 0.1) is 21.1 Å². The van der Waals surface area contributed by atoms with Crippen molar-refractivity contribution in [2.75, 3.05) is 0 Å². The number of ketones is 1. The molecule has 0 fully saturated rings. The summed E-state index contributed by atoms with van der Waals surface area (Å²) in [4.78, 5) is 14.0. The zero-order valence-electron chi connectivity index (χ0n) is 14.2. The molecule has 0 atom stereocenters. The van der Waals surface area contributed by atoms with E-state index in [-0.39, 0.29) is 17.9 Å². The number of nitrogens with one attached hydrogen (secondary N) is 1. The van der Waals surface area contributed by atoms with Crippen LogP contribution in [0.15, 0.2) is 53.9 Å². The lowest BCUT2D eigenvalue weighted by atomic mass is 10.1. The van der Waals surface area contributed by atoms with Crippen molar-refractivity contribution in [1.29, 1.82) is 0 Å². The molecule has 10 heteroatoms. The normalized spacial score (nSPS) is 12.2. The SMILES string of the molecule is O=C(c1cccs1)c1ccc(CNS(=O)(=O)Cc2ccc(C(F)(F)F)cc2)s1. The van der Waals surface area contributed by atoms with Gasteiger partial charge in [0.1, 0.15) is 0 Å². The second-order valence-electron chi connectivity index (χ2n) is 5.85. The summed E-state index contributed by atoms with van der Waals surface area (Å²) in [7, 11) is -3.74. The number of halogens is 3. The standard InChI is InChI=1S/C18H14F3NO3S3/c19-18(20,21)13-5-3-12(4-6-13)11-28(24,25)22-10-14-7-8-16(27-14)17(23)15-2-1-9-26-15/h1-9,22H,10-11H2. The number of carbonyl (C=O) groups excluding carboxylic acids is 1. The van der Waals surface area contributed by atoms with Crippen molar-refractivity contribution in [3.05, 3.63) is 79.7 Å². The van der Waals surface area contributed by atoms with Gasteiger partial charge < -0.3 is 0 Å². The first-order chi connectivity index (χ1) is 13.1. The maximum Gasteiger partial charge on any atom is 0.416 e. The monoisotopic (exact) mass is 445 g/mol. The number of rotatable bonds is 7. The van der Waals surface area contributed by atoms with Gasteiger partial charge in [0.2, 0.25) is 15.8 Å². The highest BCUT2D eigenvalue weighted by Crippen LogP contribution is 2.29. The topological polar surface area (TPSA) is 63.2 Å². The van der Waals surface area contributed by atoms with Crippen LogP contribution in [0.25, 0.3) is 0 Å². The van der Waals surface area contributed by atoms with Crippen LogP contribution in [0.4, 0.5) is 13.2 Å². The van der Waals surface area contributed by atoms with Gasteiger partial charge in [-0.05, 0) is 41.3 Å². The second kappa shape index (κ2) is 8.16. The van der Waals surface area contributed by atoms with Gasteiger partial charge in [0, 0.05) is 11.4 Å². The summed E-state index contributed by atoms with van der Waals surface area (Å²) < 4.78 is 64.5. The molecule has 0 amide bonds. The average Bonchev–Trinajstić information content (AvgIpc) is 3.31. The maximum atomic E-state index is 12.6. The van der Waals surface area contributed by atoms with Gasteiger partial charge in [0.15, 0.2) is 0 Å². The minimum atomic E-state index is -4.47. The largest absolute Gasteiger partial charge is 0.416 e. The van der Waals surface area contributed by atoms with Crippen LogP contribution in [0, 0.1) is 0 Å². The molecular weight excluding hydrogens is 431 g/mol. The van der Waals surface area contributed by atoms with Crippen molar-refractivity contribution < 1.29 is 26.4 Å². The maximum absolute atomic E-state index is 12.6. The molecule has 4 nitrogen and oxygen atoms in total. The molecule has 148 valence electrons. The third-order valence-electron chi connectivity index (χ3n) is 3.73. The summed E-state index contributed by atoms with van der Waals surface area (Å²) in [6.07, 6.45) is -4.47. The zero-order chi connectivity index (χ0) is 20.4. The minimum Gasteiger partial charge on any atom is -0.287 e. The fourth-order valence-corrected chi connectivity index (χ4v) is 5.21. The first kappa shape index (κ1) is 20.7. The Kier molecular flexibility index (Phi) is 6.04. The number of thiophene rings is 2. The predicted octanol–water partition coefficient (Wildman–Crippen LogP) is 4.68. The fourth-order valence-electron chi connectivity index (χ4n) is 2.37. The predicted molar refractivity (Wildman–Crippen MR) is 103 cm³/mol. The van der Waals surface area contributed by atoms with E-state index in [9.17, 15) is 26.4 Å². The summed E-state index contributed by atoms with van der Waals surface area (Å²) in [6.45, 7) is 0.00531. The lowest BCUT2D eigenvalue weighted by Crippen LogP contribution is -2.24. The van der Waals surface area contributed by atoms with Crippen LogP contribution in [0.2, 0.25) is 0 Å². The molecule has 2 heterocycles. The number of alkyl halides is 3. The molecular formula is C18H14F3NO3S3. The summed E-state index contributed by atoms with van der Waals surface area (Å²) in [5.74, 6) is -0.545. The van der Waals surface area contributed by atoms with Crippen LogP contribution >= 0.6 is 22.7 Å². The minimum absolute atomic E-state index is 0.00531. The Morgan fingerprint density at radius 1 is 1.00 bits per heavy atom. The smallest absolute Gasteiger partial charge is 0.287 e. The molecule has 28 heavy (non-hydrogen) atoms. The molecule has 0 bridgehead atoms. The molecule has 0 aliphatic rings. The number of hydrogen-bond acceptors (Lipinski definition) is 5. The van der Waals surface area contributed by atoms with Gasteiger partial charge in [-0.25, -0.2) is 13.1 Å². The first-order valence-corrected chi connectivity index (χ1v) is 11.3.